The van der Waals surface area contributed by atoms with Gasteiger partial charge in [0.05, 0.1) is 15.3 Å². The predicted octanol–water partition coefficient (Wildman–Crippen LogP) is 6.80. The Hall–Kier alpha value is -3.76. The standard InChI is InChI=1S/C25H14Br2N2O6/c26-15-3-5-17-18-6-4-16(27)12-20(18)25(19(17)11-15,13-1-7-23(30)21(9-13)28(32)33)14-2-8-24(31)22(10-14)29(34)35/h1-12,30-31H. The van der Waals surface area contributed by atoms with E-state index in [1.54, 1.807) is 12.1 Å². The van der Waals surface area contributed by atoms with Crippen molar-refractivity contribution < 1.29 is 20.1 Å². The molecule has 0 aromatic heterocycles. The quantitative estimate of drug-likeness (QED) is 0.173. The fourth-order valence-electron chi connectivity index (χ4n) is 4.86. The zero-order chi connectivity index (χ0) is 25.1. The highest BCUT2D eigenvalue weighted by Crippen LogP contribution is 2.58. The van der Waals surface area contributed by atoms with E-state index in [1.807, 2.05) is 36.4 Å². The fourth-order valence-corrected chi connectivity index (χ4v) is 5.58. The normalized spacial score (nSPS) is 13.2. The number of fused-ring (bicyclic) bond motifs is 3. The highest BCUT2D eigenvalue weighted by Gasteiger charge is 2.48. The maximum atomic E-state index is 11.7. The molecule has 4 aromatic carbocycles. The summed E-state index contributed by atoms with van der Waals surface area (Å²) < 4.78 is 1.49. The minimum Gasteiger partial charge on any atom is -0.502 e. The second-order valence-electron chi connectivity index (χ2n) is 8.05. The number of hydrogen-bond acceptors (Lipinski definition) is 6. The Kier molecular flexibility index (Phi) is 5.37. The van der Waals surface area contributed by atoms with Gasteiger partial charge in [0, 0.05) is 21.1 Å². The molecule has 8 nitrogen and oxygen atoms in total. The van der Waals surface area contributed by atoms with Crippen LogP contribution in [0, 0.1) is 20.2 Å². The van der Waals surface area contributed by atoms with E-state index in [9.17, 15) is 30.4 Å². The molecule has 174 valence electrons. The van der Waals surface area contributed by atoms with Crippen LogP contribution in [0.3, 0.4) is 0 Å². The Morgan fingerprint density at radius 3 is 1.40 bits per heavy atom. The van der Waals surface area contributed by atoms with Crippen molar-refractivity contribution in [2.45, 2.75) is 5.41 Å². The number of benzene rings is 4. The van der Waals surface area contributed by atoms with Gasteiger partial charge in [0.25, 0.3) is 0 Å². The lowest BCUT2D eigenvalue weighted by molar-refractivity contribution is -0.386. The van der Waals surface area contributed by atoms with Crippen LogP contribution in [-0.2, 0) is 5.41 Å². The van der Waals surface area contributed by atoms with Gasteiger partial charge in [-0.3, -0.25) is 20.2 Å². The monoisotopic (exact) mass is 596 g/mol. The first-order valence-corrected chi connectivity index (χ1v) is 11.8. The molecular weight excluding hydrogens is 584 g/mol. The number of aromatic hydroxyl groups is 2. The Balaban J connectivity index is 2.00. The molecule has 0 amide bonds. The van der Waals surface area contributed by atoms with Crippen molar-refractivity contribution in [2.75, 3.05) is 0 Å². The molecule has 10 heteroatoms. The summed E-state index contributed by atoms with van der Waals surface area (Å²) in [4.78, 5) is 22.1. The van der Waals surface area contributed by atoms with Crippen LogP contribution in [0.25, 0.3) is 11.1 Å². The van der Waals surface area contributed by atoms with E-state index in [-0.39, 0.29) is 0 Å². The summed E-state index contributed by atoms with van der Waals surface area (Å²) in [6, 6.07) is 19.5. The van der Waals surface area contributed by atoms with Crippen molar-refractivity contribution in [3.05, 3.63) is 124 Å². The summed E-state index contributed by atoms with van der Waals surface area (Å²) in [5, 5.41) is 43.8. The summed E-state index contributed by atoms with van der Waals surface area (Å²) in [5.74, 6) is -0.986. The highest BCUT2D eigenvalue weighted by molar-refractivity contribution is 9.10. The van der Waals surface area contributed by atoms with Gasteiger partial charge in [-0.1, -0.05) is 56.1 Å². The molecule has 0 fully saturated rings. The van der Waals surface area contributed by atoms with E-state index in [0.29, 0.717) is 11.1 Å². The molecule has 5 rings (SSSR count). The maximum absolute atomic E-state index is 11.7. The number of nitrogens with zero attached hydrogens (tertiary/aromatic N) is 2. The van der Waals surface area contributed by atoms with Gasteiger partial charge in [0.1, 0.15) is 0 Å². The third-order valence-corrected chi connectivity index (χ3v) is 7.26. The van der Waals surface area contributed by atoms with Gasteiger partial charge in [-0.15, -0.1) is 0 Å². The number of nitro groups is 2. The van der Waals surface area contributed by atoms with Crippen molar-refractivity contribution in [3.8, 4) is 22.6 Å². The van der Waals surface area contributed by atoms with Crippen LogP contribution in [0.15, 0.2) is 81.7 Å². The van der Waals surface area contributed by atoms with Crippen LogP contribution in [-0.4, -0.2) is 20.1 Å². The van der Waals surface area contributed by atoms with Crippen molar-refractivity contribution in [2.24, 2.45) is 0 Å². The number of halogens is 2. The minimum atomic E-state index is -1.23. The molecule has 0 saturated heterocycles. The van der Waals surface area contributed by atoms with Crippen LogP contribution >= 0.6 is 31.9 Å². The molecule has 0 heterocycles. The SMILES string of the molecule is O=[N+]([O-])c1cc(C2(c3ccc(O)c([N+](=O)[O-])c3)c3cc(Br)ccc3-c3ccc(Br)cc32)ccc1O. The van der Waals surface area contributed by atoms with Crippen molar-refractivity contribution in [3.63, 3.8) is 0 Å². The molecule has 4 aromatic rings. The largest absolute Gasteiger partial charge is 0.502 e. The van der Waals surface area contributed by atoms with Crippen LogP contribution in [0.4, 0.5) is 11.4 Å². The van der Waals surface area contributed by atoms with Gasteiger partial charge in [-0.05, 0) is 69.8 Å². The summed E-state index contributed by atoms with van der Waals surface area (Å²) in [5.41, 5.74) is 1.82. The lowest BCUT2D eigenvalue weighted by Crippen LogP contribution is -2.29. The van der Waals surface area contributed by atoms with E-state index in [4.69, 9.17) is 0 Å². The first-order chi connectivity index (χ1) is 16.6. The smallest absolute Gasteiger partial charge is 0.311 e. The Morgan fingerprint density at radius 2 is 1.03 bits per heavy atom. The Bertz CT molecular complexity index is 1450. The van der Waals surface area contributed by atoms with E-state index in [1.165, 1.54) is 24.3 Å². The number of rotatable bonds is 4. The van der Waals surface area contributed by atoms with Crippen LogP contribution in [0.1, 0.15) is 22.3 Å². The number of phenolic OH excluding ortho intramolecular Hbond substituents is 2. The summed E-state index contributed by atoms with van der Waals surface area (Å²) in [7, 11) is 0. The zero-order valence-electron chi connectivity index (χ0n) is 17.6. The molecule has 0 aliphatic heterocycles. The lowest BCUT2D eigenvalue weighted by atomic mass is 9.67. The summed E-state index contributed by atoms with van der Waals surface area (Å²) in [6.07, 6.45) is 0. The molecule has 0 atom stereocenters. The van der Waals surface area contributed by atoms with Gasteiger partial charge >= 0.3 is 11.4 Å². The average molecular weight is 598 g/mol. The summed E-state index contributed by atoms with van der Waals surface area (Å²) >= 11 is 7.03. The van der Waals surface area contributed by atoms with Gasteiger partial charge in [-0.25, -0.2) is 0 Å². The molecule has 1 aliphatic rings. The molecule has 1 aliphatic carbocycles. The van der Waals surface area contributed by atoms with Crippen LogP contribution < -0.4 is 0 Å². The zero-order valence-corrected chi connectivity index (χ0v) is 20.8. The maximum Gasteiger partial charge on any atom is 0.311 e. The van der Waals surface area contributed by atoms with Gasteiger partial charge in [-0.2, -0.15) is 0 Å². The molecule has 0 radical (unpaired) electrons. The Morgan fingerprint density at radius 1 is 0.629 bits per heavy atom. The third kappa shape index (κ3) is 3.40. The first kappa shape index (κ1) is 23.0. The molecule has 2 N–H and O–H groups in total. The van der Waals surface area contributed by atoms with Gasteiger partial charge in [0.15, 0.2) is 11.5 Å². The van der Waals surface area contributed by atoms with Crippen LogP contribution in [0.2, 0.25) is 0 Å². The number of phenols is 2. The van der Waals surface area contributed by atoms with Gasteiger partial charge in [0.2, 0.25) is 0 Å². The molecule has 0 spiro atoms. The van der Waals surface area contributed by atoms with E-state index in [2.05, 4.69) is 31.9 Å². The van der Waals surface area contributed by atoms with Crippen molar-refractivity contribution in [1.82, 2.24) is 0 Å². The van der Waals surface area contributed by atoms with E-state index < -0.39 is 38.1 Å². The highest BCUT2D eigenvalue weighted by atomic mass is 79.9. The molecule has 0 unspecified atom stereocenters. The molecule has 35 heavy (non-hydrogen) atoms. The van der Waals surface area contributed by atoms with Crippen molar-refractivity contribution >= 4 is 43.2 Å². The second kappa shape index (κ2) is 8.17. The number of hydrogen-bond donors (Lipinski definition) is 2. The Labute approximate surface area is 215 Å². The third-order valence-electron chi connectivity index (χ3n) is 6.27. The summed E-state index contributed by atoms with van der Waals surface area (Å²) in [6.45, 7) is 0. The molecular formula is C25H14Br2N2O6. The fraction of sp³-hybridized carbons (Fsp3) is 0.0400. The van der Waals surface area contributed by atoms with E-state index >= 15 is 0 Å². The first-order valence-electron chi connectivity index (χ1n) is 10.2. The van der Waals surface area contributed by atoms with Crippen molar-refractivity contribution in [1.29, 1.82) is 0 Å². The average Bonchev–Trinajstić information content (AvgIpc) is 3.08. The van der Waals surface area contributed by atoms with Crippen LogP contribution in [0.5, 0.6) is 11.5 Å². The number of nitro benzene ring substituents is 2. The molecule has 0 bridgehead atoms. The predicted molar refractivity (Wildman–Crippen MR) is 136 cm³/mol. The topological polar surface area (TPSA) is 127 Å². The van der Waals surface area contributed by atoms with E-state index in [0.717, 1.165) is 31.2 Å². The minimum absolute atomic E-state index is 0.429. The second-order valence-corrected chi connectivity index (χ2v) is 9.88. The van der Waals surface area contributed by atoms with Gasteiger partial charge < -0.3 is 10.2 Å². The lowest BCUT2D eigenvalue weighted by Gasteiger charge is -2.33. The molecule has 0 saturated carbocycles.